The Morgan fingerprint density at radius 3 is 1.83 bits per heavy atom. The molecule has 0 unspecified atom stereocenters. The summed E-state index contributed by atoms with van der Waals surface area (Å²) in [4.78, 5) is 10.6. The third-order valence-electron chi connectivity index (χ3n) is 1.23. The van der Waals surface area contributed by atoms with E-state index in [1.807, 2.05) is 0 Å². The van der Waals surface area contributed by atoms with Crippen molar-refractivity contribution in [3.63, 3.8) is 0 Å². The minimum absolute atomic E-state index is 0. The molecule has 0 heterocycles. The Hall–Kier alpha value is 1.44. The fraction of sp³-hybridized carbons (Fsp3) is 0.857. The molecule has 0 fully saturated rings. The average Bonchev–Trinajstić information content (AvgIpc) is 1.88. The first kappa shape index (κ1) is 15.9. The van der Waals surface area contributed by atoms with Crippen molar-refractivity contribution in [2.24, 2.45) is 0 Å². The van der Waals surface area contributed by atoms with E-state index in [1.165, 1.54) is 6.92 Å². The molecule has 0 aromatic rings. The summed E-state index contributed by atoms with van der Waals surface area (Å²) in [6, 6.07) is 0. The van der Waals surface area contributed by atoms with Crippen molar-refractivity contribution in [2.75, 3.05) is 13.2 Å². The Morgan fingerprint density at radius 1 is 1.33 bits per heavy atom. The maximum absolute atomic E-state index is 10.6. The molecule has 0 aliphatic rings. The fourth-order valence-corrected chi connectivity index (χ4v) is 0.716. The topological polar surface area (TPSA) is 55.8 Å². The zero-order chi connectivity index (χ0) is 8.91. The van der Waals surface area contributed by atoms with Gasteiger partial charge in [0.25, 0.3) is 5.79 Å². The Balaban J connectivity index is 0. The number of hydrogen-bond donors (Lipinski definition) is 1. The molecule has 0 saturated heterocycles. The van der Waals surface area contributed by atoms with Gasteiger partial charge >= 0.3 is 5.97 Å². The van der Waals surface area contributed by atoms with Gasteiger partial charge < -0.3 is 14.6 Å². The molecule has 12 heavy (non-hydrogen) atoms. The second kappa shape index (κ2) is 7.81. The summed E-state index contributed by atoms with van der Waals surface area (Å²) < 4.78 is 9.82. The molecule has 0 bridgehead atoms. The van der Waals surface area contributed by atoms with Crippen molar-refractivity contribution in [2.45, 2.75) is 26.6 Å². The monoisotopic (exact) mass is 295 g/mol. The Kier molecular flexibility index (Phi) is 10.3. The summed E-state index contributed by atoms with van der Waals surface area (Å²) in [5.74, 6) is -2.58. The van der Waals surface area contributed by atoms with Crippen LogP contribution in [0.25, 0.3) is 0 Å². The third-order valence-corrected chi connectivity index (χ3v) is 1.23. The fourth-order valence-electron chi connectivity index (χ4n) is 0.716. The van der Waals surface area contributed by atoms with Gasteiger partial charge in [0.2, 0.25) is 0 Å². The number of aliphatic carboxylic acids is 1. The molecule has 0 aromatic heterocycles. The Labute approximate surface area is 131 Å². The molecule has 0 amide bonds. The molecule has 1 N–H and O–H groups in total. The van der Waals surface area contributed by atoms with Gasteiger partial charge in [-0.1, -0.05) is 0 Å². The van der Waals surface area contributed by atoms with Crippen LogP contribution >= 0.6 is 0 Å². The minimum atomic E-state index is -1.48. The smallest absolute Gasteiger partial charge is 0.364 e. The van der Waals surface area contributed by atoms with Crippen molar-refractivity contribution >= 4 is 74.9 Å². The van der Waals surface area contributed by atoms with E-state index in [9.17, 15) is 4.79 Å². The van der Waals surface area contributed by atoms with Gasteiger partial charge in [0.05, 0.1) is 0 Å². The van der Waals surface area contributed by atoms with Crippen LogP contribution in [-0.2, 0) is 14.3 Å². The van der Waals surface area contributed by atoms with Crippen LogP contribution in [0.4, 0.5) is 0 Å². The molecule has 0 atom stereocenters. The zero-order valence-corrected chi connectivity index (χ0v) is 14.4. The van der Waals surface area contributed by atoms with E-state index >= 15 is 0 Å². The molecule has 0 spiro atoms. The van der Waals surface area contributed by atoms with E-state index in [-0.39, 0.29) is 68.9 Å². The molecule has 67 valence electrons. The minimum Gasteiger partial charge on any atom is -0.477 e. The van der Waals surface area contributed by atoms with E-state index < -0.39 is 11.8 Å². The van der Waals surface area contributed by atoms with E-state index in [4.69, 9.17) is 14.6 Å². The quantitative estimate of drug-likeness (QED) is 0.750. The first-order chi connectivity index (χ1) is 5.06. The molecule has 0 saturated carbocycles. The van der Waals surface area contributed by atoms with Crippen molar-refractivity contribution in [1.82, 2.24) is 0 Å². The first-order valence-electron chi connectivity index (χ1n) is 3.58. The van der Waals surface area contributed by atoms with Crippen molar-refractivity contribution in [3.05, 3.63) is 0 Å². The number of carbonyl (C=O) groups is 1. The molecule has 0 aromatic carbocycles. The van der Waals surface area contributed by atoms with Gasteiger partial charge in [-0.3, -0.25) is 0 Å². The van der Waals surface area contributed by atoms with E-state index in [0.29, 0.717) is 13.2 Å². The van der Waals surface area contributed by atoms with Crippen LogP contribution in [0.15, 0.2) is 0 Å². The molecular formula is C7H14CsO4. The number of hydrogen-bond acceptors (Lipinski definition) is 3. The maximum Gasteiger partial charge on any atom is 0.364 e. The molecule has 4 nitrogen and oxygen atoms in total. The summed E-state index contributed by atoms with van der Waals surface area (Å²) in [5, 5.41) is 8.64. The molecular weight excluding hydrogens is 281 g/mol. The maximum atomic E-state index is 10.6. The predicted molar refractivity (Wildman–Crippen MR) is 45.0 cm³/mol. The molecule has 0 aliphatic carbocycles. The normalized spacial score (nSPS) is 10.6. The van der Waals surface area contributed by atoms with Crippen LogP contribution < -0.4 is 0 Å². The number of rotatable bonds is 5. The van der Waals surface area contributed by atoms with Gasteiger partial charge in [-0.15, -0.1) is 0 Å². The van der Waals surface area contributed by atoms with E-state index in [0.717, 1.165) is 0 Å². The van der Waals surface area contributed by atoms with Crippen LogP contribution in [0.3, 0.4) is 0 Å². The third kappa shape index (κ3) is 5.23. The van der Waals surface area contributed by atoms with Crippen LogP contribution in [0, 0.1) is 0 Å². The predicted octanol–water partition coefficient (Wildman–Crippen LogP) is 0.479. The van der Waals surface area contributed by atoms with Gasteiger partial charge in [-0.2, -0.15) is 0 Å². The van der Waals surface area contributed by atoms with Crippen LogP contribution in [0.5, 0.6) is 0 Å². The number of ether oxygens (including phenoxy) is 2. The van der Waals surface area contributed by atoms with Crippen LogP contribution in [0.2, 0.25) is 0 Å². The van der Waals surface area contributed by atoms with Crippen molar-refractivity contribution in [1.29, 1.82) is 0 Å². The van der Waals surface area contributed by atoms with Crippen molar-refractivity contribution in [3.8, 4) is 0 Å². The summed E-state index contributed by atoms with van der Waals surface area (Å²) in [5.41, 5.74) is 0. The van der Waals surface area contributed by atoms with Gasteiger partial charge in [0, 0.05) is 89.0 Å². The average molecular weight is 295 g/mol. The standard InChI is InChI=1S/C7H14O4.Cs/c1-4-10-7(3,6(8)9)11-5-2;/h4-5H2,1-3H3,(H,8,9);. The Bertz CT molecular complexity index is 131. The van der Waals surface area contributed by atoms with Crippen LogP contribution in [-0.4, -0.2) is 99.0 Å². The van der Waals surface area contributed by atoms with Crippen LogP contribution in [0.1, 0.15) is 20.8 Å². The summed E-state index contributed by atoms with van der Waals surface area (Å²) >= 11 is 0. The second-order valence-electron chi connectivity index (χ2n) is 2.12. The van der Waals surface area contributed by atoms with Crippen molar-refractivity contribution < 1.29 is 19.4 Å². The SMILES string of the molecule is CCOC(C)(OCC)C(=O)O.[Cs]. The summed E-state index contributed by atoms with van der Waals surface area (Å²) in [6.45, 7) is 5.48. The Morgan fingerprint density at radius 2 is 1.67 bits per heavy atom. The van der Waals surface area contributed by atoms with Gasteiger partial charge in [-0.25, -0.2) is 4.79 Å². The molecule has 5 heteroatoms. The van der Waals surface area contributed by atoms with Gasteiger partial charge in [0.15, 0.2) is 0 Å². The largest absolute Gasteiger partial charge is 0.477 e. The first-order valence-corrected chi connectivity index (χ1v) is 3.58. The summed E-state index contributed by atoms with van der Waals surface area (Å²) in [7, 11) is 0. The molecule has 0 rings (SSSR count). The second-order valence-corrected chi connectivity index (χ2v) is 2.12. The molecule has 1 radical (unpaired) electrons. The molecule has 0 aliphatic heterocycles. The van der Waals surface area contributed by atoms with Gasteiger partial charge in [0.1, 0.15) is 0 Å². The number of carboxylic acids is 1. The van der Waals surface area contributed by atoms with Gasteiger partial charge in [-0.05, 0) is 13.8 Å². The number of carboxylic acid groups (broad SMARTS) is 1. The summed E-state index contributed by atoms with van der Waals surface area (Å²) in [6.07, 6.45) is 0. The van der Waals surface area contributed by atoms with E-state index in [1.54, 1.807) is 13.8 Å². The zero-order valence-electron chi connectivity index (χ0n) is 8.09. The van der Waals surface area contributed by atoms with E-state index in [2.05, 4.69) is 0 Å².